The van der Waals surface area contributed by atoms with E-state index < -0.39 is 24.6 Å². The molecule has 0 fully saturated rings. The predicted octanol–water partition coefficient (Wildman–Crippen LogP) is 3.79. The molecule has 1 atom stereocenters. The number of benzene rings is 1. The molecule has 1 aliphatic heterocycles. The second kappa shape index (κ2) is 6.59. The van der Waals surface area contributed by atoms with Gasteiger partial charge in [0, 0.05) is 5.56 Å². The van der Waals surface area contributed by atoms with E-state index in [1.807, 2.05) is 0 Å². The minimum absolute atomic E-state index is 0.296. The molecule has 0 spiro atoms. The van der Waals surface area contributed by atoms with Gasteiger partial charge in [-0.15, -0.1) is 0 Å². The largest absolute Gasteiger partial charge is 0.416 e. The van der Waals surface area contributed by atoms with Gasteiger partial charge >= 0.3 is 6.18 Å². The molecule has 1 N–H and O–H groups in total. The molecule has 154 valence electrons. The average molecular weight is 418 g/mol. The van der Waals surface area contributed by atoms with Gasteiger partial charge in [-0.1, -0.05) is 0 Å². The van der Waals surface area contributed by atoms with Gasteiger partial charge in [0.15, 0.2) is 11.8 Å². The summed E-state index contributed by atoms with van der Waals surface area (Å²) in [6.07, 6.45) is -4.92. The van der Waals surface area contributed by atoms with Crippen molar-refractivity contribution in [2.75, 3.05) is 0 Å². The maximum atomic E-state index is 13.5. The van der Waals surface area contributed by atoms with Crippen LogP contribution < -0.4 is 0 Å². The van der Waals surface area contributed by atoms with Gasteiger partial charge in [0.1, 0.15) is 17.3 Å². The lowest BCUT2D eigenvalue weighted by Gasteiger charge is -2.26. The zero-order chi connectivity index (χ0) is 21.0. The Kier molecular flexibility index (Phi) is 4.10. The topological polar surface area (TPSA) is 81.5 Å². The number of halogens is 4. The Morgan fingerprint density at radius 3 is 2.63 bits per heavy atom. The van der Waals surface area contributed by atoms with Gasteiger partial charge in [0.05, 0.1) is 41.7 Å². The average Bonchev–Trinajstić information content (AvgIpc) is 3.31. The fourth-order valence-electron chi connectivity index (χ4n) is 3.58. The molecule has 1 aliphatic rings. The smallest absolute Gasteiger partial charge is 0.360 e. The van der Waals surface area contributed by atoms with Gasteiger partial charge in [0.25, 0.3) is 0 Å². The number of hydrogen-bond acceptors (Lipinski definition) is 5. The highest BCUT2D eigenvalue weighted by Crippen LogP contribution is 2.40. The van der Waals surface area contributed by atoms with E-state index in [2.05, 4.69) is 25.3 Å². The van der Waals surface area contributed by atoms with Crippen LogP contribution in [-0.2, 0) is 17.9 Å². The Bertz CT molecular complexity index is 1240. The summed E-state index contributed by atoms with van der Waals surface area (Å²) in [5, 5.41) is 11.8. The number of aromatic amines is 1. The summed E-state index contributed by atoms with van der Waals surface area (Å²) < 4.78 is 59.5. The van der Waals surface area contributed by atoms with Crippen LogP contribution in [0.5, 0.6) is 0 Å². The van der Waals surface area contributed by atoms with Gasteiger partial charge in [-0.2, -0.15) is 23.4 Å². The highest BCUT2D eigenvalue weighted by molar-refractivity contribution is 5.95. The molecule has 0 aliphatic carbocycles. The maximum absolute atomic E-state index is 13.5. The Labute approximate surface area is 166 Å². The number of rotatable bonds is 2. The number of nitrogens with zero attached hydrogens (tertiary/aromatic N) is 5. The van der Waals surface area contributed by atoms with Crippen molar-refractivity contribution >= 4 is 11.0 Å². The summed E-state index contributed by atoms with van der Waals surface area (Å²) in [5.74, 6) is 0.0245. The minimum Gasteiger partial charge on any atom is -0.360 e. The first-order chi connectivity index (χ1) is 14.3. The summed E-state index contributed by atoms with van der Waals surface area (Å²) in [7, 11) is 0. The van der Waals surface area contributed by atoms with E-state index in [0.29, 0.717) is 45.1 Å². The molecule has 4 aromatic rings. The summed E-state index contributed by atoms with van der Waals surface area (Å²) in [4.78, 5) is 8.81. The number of ether oxygens (including phenoxy) is 1. The third kappa shape index (κ3) is 3.02. The van der Waals surface area contributed by atoms with Crippen molar-refractivity contribution in [3.63, 3.8) is 0 Å². The normalized spacial score (nSPS) is 16.8. The van der Waals surface area contributed by atoms with Crippen LogP contribution in [0.15, 0.2) is 30.5 Å². The first kappa shape index (κ1) is 18.7. The van der Waals surface area contributed by atoms with Crippen LogP contribution >= 0.6 is 0 Å². The van der Waals surface area contributed by atoms with Gasteiger partial charge in [-0.05, 0) is 31.2 Å². The SMILES string of the molecule is Cc1nc(-c2c(-c3ccc(F)cc3)nn3c2CO[C@@H](C(F)(F)F)C3)c2cn[nH]c2n1. The van der Waals surface area contributed by atoms with Gasteiger partial charge < -0.3 is 4.74 Å². The summed E-state index contributed by atoms with van der Waals surface area (Å²) >= 11 is 0. The molecule has 0 saturated heterocycles. The van der Waals surface area contributed by atoms with Crippen LogP contribution in [0.2, 0.25) is 0 Å². The molecular weight excluding hydrogens is 404 g/mol. The maximum Gasteiger partial charge on any atom is 0.416 e. The molecule has 0 saturated carbocycles. The summed E-state index contributed by atoms with van der Waals surface area (Å²) in [5.41, 5.74) is 2.87. The molecular formula is C19H14F4N6O. The molecule has 0 bridgehead atoms. The number of aryl methyl sites for hydroxylation is 1. The van der Waals surface area contributed by atoms with Crippen molar-refractivity contribution in [1.82, 2.24) is 29.9 Å². The van der Waals surface area contributed by atoms with Gasteiger partial charge in [0.2, 0.25) is 0 Å². The number of alkyl halides is 3. The van der Waals surface area contributed by atoms with Crippen molar-refractivity contribution in [3.8, 4) is 22.5 Å². The van der Waals surface area contributed by atoms with Crippen LogP contribution in [0.4, 0.5) is 17.6 Å². The molecule has 7 nitrogen and oxygen atoms in total. The van der Waals surface area contributed by atoms with Gasteiger partial charge in [-0.3, -0.25) is 9.78 Å². The second-order valence-corrected chi connectivity index (χ2v) is 6.95. The summed E-state index contributed by atoms with van der Waals surface area (Å²) in [6, 6.07) is 5.59. The van der Waals surface area contributed by atoms with Crippen molar-refractivity contribution < 1.29 is 22.3 Å². The molecule has 3 aromatic heterocycles. The van der Waals surface area contributed by atoms with E-state index in [1.165, 1.54) is 28.9 Å². The lowest BCUT2D eigenvalue weighted by atomic mass is 10.0. The van der Waals surface area contributed by atoms with Crippen molar-refractivity contribution in [2.45, 2.75) is 32.4 Å². The molecule has 1 aromatic carbocycles. The zero-order valence-corrected chi connectivity index (χ0v) is 15.5. The van der Waals surface area contributed by atoms with Gasteiger partial charge in [-0.25, -0.2) is 14.4 Å². The zero-order valence-electron chi connectivity index (χ0n) is 15.5. The number of hydrogen-bond donors (Lipinski definition) is 1. The van der Waals surface area contributed by atoms with Crippen LogP contribution in [0.3, 0.4) is 0 Å². The highest BCUT2D eigenvalue weighted by Gasteiger charge is 2.44. The van der Waals surface area contributed by atoms with E-state index in [-0.39, 0.29) is 6.61 Å². The quantitative estimate of drug-likeness (QED) is 0.501. The van der Waals surface area contributed by atoms with Crippen LogP contribution in [0.1, 0.15) is 11.5 Å². The predicted molar refractivity (Wildman–Crippen MR) is 97.7 cm³/mol. The van der Waals surface area contributed by atoms with Crippen molar-refractivity contribution in [3.05, 3.63) is 47.8 Å². The third-order valence-corrected chi connectivity index (χ3v) is 4.96. The molecule has 5 rings (SSSR count). The standard InChI is InChI=1S/C19H14F4N6O/c1-9-25-17(12-6-24-27-18(12)26-9)15-13-8-30-14(19(21,22)23)7-29(13)28-16(15)10-2-4-11(20)5-3-10/h2-6,14H,7-8H2,1H3,(H,24,25,26,27)/t14-/m1/s1. The van der Waals surface area contributed by atoms with E-state index in [9.17, 15) is 17.6 Å². The number of nitrogens with one attached hydrogen (secondary N) is 1. The molecule has 30 heavy (non-hydrogen) atoms. The van der Waals surface area contributed by atoms with Crippen LogP contribution in [0, 0.1) is 12.7 Å². The molecule has 0 amide bonds. The van der Waals surface area contributed by atoms with Crippen molar-refractivity contribution in [1.29, 1.82) is 0 Å². The Hall–Kier alpha value is -3.34. The lowest BCUT2D eigenvalue weighted by molar-refractivity contribution is -0.234. The lowest BCUT2D eigenvalue weighted by Crippen LogP contribution is -2.39. The highest BCUT2D eigenvalue weighted by atomic mass is 19.4. The summed E-state index contributed by atoms with van der Waals surface area (Å²) in [6.45, 7) is 0.926. The molecule has 4 heterocycles. The first-order valence-electron chi connectivity index (χ1n) is 9.03. The van der Waals surface area contributed by atoms with E-state index in [0.717, 1.165) is 0 Å². The number of H-pyrrole nitrogens is 1. The van der Waals surface area contributed by atoms with E-state index in [4.69, 9.17) is 4.74 Å². The Morgan fingerprint density at radius 1 is 1.13 bits per heavy atom. The fourth-order valence-corrected chi connectivity index (χ4v) is 3.58. The number of fused-ring (bicyclic) bond motifs is 2. The minimum atomic E-state index is -4.51. The van der Waals surface area contributed by atoms with E-state index in [1.54, 1.807) is 13.1 Å². The molecule has 0 unspecified atom stereocenters. The Morgan fingerprint density at radius 2 is 1.90 bits per heavy atom. The van der Waals surface area contributed by atoms with Crippen LogP contribution in [-0.4, -0.2) is 42.2 Å². The second-order valence-electron chi connectivity index (χ2n) is 6.95. The monoisotopic (exact) mass is 418 g/mol. The van der Waals surface area contributed by atoms with Crippen LogP contribution in [0.25, 0.3) is 33.5 Å². The van der Waals surface area contributed by atoms with Crippen molar-refractivity contribution in [2.24, 2.45) is 0 Å². The first-order valence-corrected chi connectivity index (χ1v) is 9.03. The molecule has 11 heteroatoms. The fraction of sp³-hybridized carbons (Fsp3) is 0.263. The third-order valence-electron chi connectivity index (χ3n) is 4.96. The Balaban J connectivity index is 1.76. The molecule has 0 radical (unpaired) electrons. The number of aromatic nitrogens is 6. The van der Waals surface area contributed by atoms with E-state index >= 15 is 0 Å².